The molecule has 1 unspecified atom stereocenters. The fourth-order valence-corrected chi connectivity index (χ4v) is 2.05. The van der Waals surface area contributed by atoms with Crippen LogP contribution < -0.4 is 5.32 Å². The van der Waals surface area contributed by atoms with E-state index in [2.05, 4.69) is 10.3 Å². The second-order valence-electron chi connectivity index (χ2n) is 4.31. The number of anilines is 1. The zero-order valence-electron chi connectivity index (χ0n) is 9.66. The van der Waals surface area contributed by atoms with Crippen LogP contribution in [0.1, 0.15) is 18.5 Å². The van der Waals surface area contributed by atoms with Crippen LogP contribution in [-0.4, -0.2) is 24.7 Å². The quantitative estimate of drug-likeness (QED) is 0.804. The standard InChI is InChI=1S/C12H17ClN2O/c1-8-10(5-6-12(13)14-8)15-11(7-16-2)9-3-4-9/h5-6,9,11,15H,3-4,7H2,1-2H3. The minimum Gasteiger partial charge on any atom is -0.383 e. The smallest absolute Gasteiger partial charge is 0.129 e. The Kier molecular flexibility index (Phi) is 3.66. The molecule has 0 radical (unpaired) electrons. The van der Waals surface area contributed by atoms with Crippen molar-refractivity contribution in [1.82, 2.24) is 4.98 Å². The molecule has 88 valence electrons. The molecule has 1 fully saturated rings. The number of nitrogens with one attached hydrogen (secondary N) is 1. The van der Waals surface area contributed by atoms with Gasteiger partial charge in [-0.3, -0.25) is 0 Å². The van der Waals surface area contributed by atoms with Crippen molar-refractivity contribution in [3.63, 3.8) is 0 Å². The van der Waals surface area contributed by atoms with Crippen LogP contribution in [-0.2, 0) is 4.74 Å². The van der Waals surface area contributed by atoms with Crippen LogP contribution in [0.25, 0.3) is 0 Å². The maximum absolute atomic E-state index is 5.83. The number of rotatable bonds is 5. The van der Waals surface area contributed by atoms with E-state index in [1.54, 1.807) is 7.11 Å². The highest BCUT2D eigenvalue weighted by molar-refractivity contribution is 6.29. The Balaban J connectivity index is 2.05. The summed E-state index contributed by atoms with van der Waals surface area (Å²) in [6, 6.07) is 4.19. The molecule has 1 saturated carbocycles. The fraction of sp³-hybridized carbons (Fsp3) is 0.583. The average Bonchev–Trinajstić information content (AvgIpc) is 3.04. The SMILES string of the molecule is COCC(Nc1ccc(Cl)nc1C)C1CC1. The number of aryl methyl sites for hydroxylation is 1. The molecule has 1 aliphatic rings. The van der Waals surface area contributed by atoms with Crippen molar-refractivity contribution in [1.29, 1.82) is 0 Å². The van der Waals surface area contributed by atoms with Crippen molar-refractivity contribution in [2.24, 2.45) is 5.92 Å². The van der Waals surface area contributed by atoms with Crippen molar-refractivity contribution in [3.05, 3.63) is 23.0 Å². The first kappa shape index (κ1) is 11.7. The summed E-state index contributed by atoms with van der Waals surface area (Å²) >= 11 is 5.83. The maximum Gasteiger partial charge on any atom is 0.129 e. The molecule has 0 spiro atoms. The molecular formula is C12H17ClN2O. The zero-order valence-corrected chi connectivity index (χ0v) is 10.4. The van der Waals surface area contributed by atoms with E-state index in [4.69, 9.17) is 16.3 Å². The highest BCUT2D eigenvalue weighted by atomic mass is 35.5. The molecule has 0 amide bonds. The van der Waals surface area contributed by atoms with Gasteiger partial charge in [-0.2, -0.15) is 0 Å². The van der Waals surface area contributed by atoms with E-state index in [0.29, 0.717) is 11.2 Å². The number of nitrogens with zero attached hydrogens (tertiary/aromatic N) is 1. The summed E-state index contributed by atoms with van der Waals surface area (Å²) in [4.78, 5) is 4.23. The van der Waals surface area contributed by atoms with Gasteiger partial charge in [0.1, 0.15) is 5.15 Å². The molecule has 4 heteroatoms. The van der Waals surface area contributed by atoms with Gasteiger partial charge in [-0.05, 0) is 37.8 Å². The molecule has 1 heterocycles. The lowest BCUT2D eigenvalue weighted by Crippen LogP contribution is -2.27. The van der Waals surface area contributed by atoms with Gasteiger partial charge >= 0.3 is 0 Å². The molecule has 1 aliphatic carbocycles. The van der Waals surface area contributed by atoms with E-state index in [1.165, 1.54) is 12.8 Å². The summed E-state index contributed by atoms with van der Waals surface area (Å²) in [5.74, 6) is 0.745. The molecule has 0 aromatic carbocycles. The summed E-state index contributed by atoms with van der Waals surface area (Å²) in [7, 11) is 1.74. The third kappa shape index (κ3) is 2.86. The number of ether oxygens (including phenoxy) is 1. The van der Waals surface area contributed by atoms with Crippen LogP contribution >= 0.6 is 11.6 Å². The molecule has 16 heavy (non-hydrogen) atoms. The van der Waals surface area contributed by atoms with Crippen molar-refractivity contribution in [3.8, 4) is 0 Å². The maximum atomic E-state index is 5.83. The van der Waals surface area contributed by atoms with E-state index in [9.17, 15) is 0 Å². The van der Waals surface area contributed by atoms with Gasteiger partial charge in [-0.15, -0.1) is 0 Å². The van der Waals surface area contributed by atoms with Crippen molar-refractivity contribution in [2.45, 2.75) is 25.8 Å². The van der Waals surface area contributed by atoms with Gasteiger partial charge < -0.3 is 10.1 Å². The molecule has 0 aliphatic heterocycles. The normalized spacial score (nSPS) is 17.2. The van der Waals surface area contributed by atoms with E-state index >= 15 is 0 Å². The predicted molar refractivity (Wildman–Crippen MR) is 66.0 cm³/mol. The van der Waals surface area contributed by atoms with Crippen LogP contribution in [0.3, 0.4) is 0 Å². The number of methoxy groups -OCH3 is 1. The van der Waals surface area contributed by atoms with E-state index in [1.807, 2.05) is 19.1 Å². The van der Waals surface area contributed by atoms with Gasteiger partial charge in [0.2, 0.25) is 0 Å². The van der Waals surface area contributed by atoms with E-state index in [0.717, 1.165) is 23.9 Å². The first-order chi connectivity index (χ1) is 7.70. The molecule has 1 aromatic rings. The topological polar surface area (TPSA) is 34.1 Å². The lowest BCUT2D eigenvalue weighted by Gasteiger charge is -2.19. The first-order valence-electron chi connectivity index (χ1n) is 5.59. The molecule has 0 bridgehead atoms. The summed E-state index contributed by atoms with van der Waals surface area (Å²) in [5, 5.41) is 4.03. The Morgan fingerprint density at radius 1 is 1.56 bits per heavy atom. The van der Waals surface area contributed by atoms with Crippen LogP contribution in [0.5, 0.6) is 0 Å². The number of hydrogen-bond donors (Lipinski definition) is 1. The Labute approximate surface area is 101 Å². The largest absolute Gasteiger partial charge is 0.383 e. The van der Waals surface area contributed by atoms with Gasteiger partial charge in [0.15, 0.2) is 0 Å². The first-order valence-corrected chi connectivity index (χ1v) is 5.97. The number of aromatic nitrogens is 1. The van der Waals surface area contributed by atoms with Crippen LogP contribution in [0.4, 0.5) is 5.69 Å². The van der Waals surface area contributed by atoms with Gasteiger partial charge in [-0.1, -0.05) is 11.6 Å². The third-order valence-corrected chi connectivity index (χ3v) is 3.14. The Hall–Kier alpha value is -0.800. The Bertz CT molecular complexity index is 366. The minimum absolute atomic E-state index is 0.395. The lowest BCUT2D eigenvalue weighted by atomic mass is 10.2. The molecule has 0 saturated heterocycles. The van der Waals surface area contributed by atoms with Gasteiger partial charge in [0.25, 0.3) is 0 Å². The van der Waals surface area contributed by atoms with E-state index in [-0.39, 0.29) is 0 Å². The molecule has 1 N–H and O–H groups in total. The molecule has 3 nitrogen and oxygen atoms in total. The molecular weight excluding hydrogens is 224 g/mol. The molecule has 2 rings (SSSR count). The third-order valence-electron chi connectivity index (χ3n) is 2.93. The summed E-state index contributed by atoms with van der Waals surface area (Å²) < 4.78 is 5.23. The minimum atomic E-state index is 0.395. The number of halogens is 1. The summed E-state index contributed by atoms with van der Waals surface area (Å²) in [6.45, 7) is 2.71. The highest BCUT2D eigenvalue weighted by Gasteiger charge is 2.31. The van der Waals surface area contributed by atoms with Crippen LogP contribution in [0.15, 0.2) is 12.1 Å². The van der Waals surface area contributed by atoms with E-state index < -0.39 is 0 Å². The Morgan fingerprint density at radius 3 is 2.88 bits per heavy atom. The fourth-order valence-electron chi connectivity index (χ4n) is 1.86. The predicted octanol–water partition coefficient (Wildman–Crippen LogP) is 2.88. The van der Waals surface area contributed by atoms with Gasteiger partial charge in [-0.25, -0.2) is 4.98 Å². The number of hydrogen-bond acceptors (Lipinski definition) is 3. The van der Waals surface area contributed by atoms with Crippen molar-refractivity contribution < 1.29 is 4.74 Å². The number of pyridine rings is 1. The lowest BCUT2D eigenvalue weighted by molar-refractivity contribution is 0.179. The average molecular weight is 241 g/mol. The highest BCUT2D eigenvalue weighted by Crippen LogP contribution is 2.34. The van der Waals surface area contributed by atoms with Gasteiger partial charge in [0, 0.05) is 7.11 Å². The second-order valence-corrected chi connectivity index (χ2v) is 4.70. The van der Waals surface area contributed by atoms with Crippen LogP contribution in [0.2, 0.25) is 5.15 Å². The summed E-state index contributed by atoms with van der Waals surface area (Å²) in [5.41, 5.74) is 1.99. The summed E-state index contributed by atoms with van der Waals surface area (Å²) in [6.07, 6.45) is 2.59. The monoisotopic (exact) mass is 240 g/mol. The Morgan fingerprint density at radius 2 is 2.31 bits per heavy atom. The van der Waals surface area contributed by atoms with Gasteiger partial charge in [0.05, 0.1) is 24.0 Å². The second kappa shape index (κ2) is 5.02. The van der Waals surface area contributed by atoms with Crippen molar-refractivity contribution >= 4 is 17.3 Å². The zero-order chi connectivity index (χ0) is 11.5. The van der Waals surface area contributed by atoms with Crippen LogP contribution in [0, 0.1) is 12.8 Å². The molecule has 1 aromatic heterocycles. The molecule has 1 atom stereocenters. The van der Waals surface area contributed by atoms with Crippen molar-refractivity contribution in [2.75, 3.05) is 19.0 Å².